The molecular formula is C24H21FN2O2S. The van der Waals surface area contributed by atoms with E-state index in [1.54, 1.807) is 18.2 Å². The molecule has 0 saturated carbocycles. The van der Waals surface area contributed by atoms with Gasteiger partial charge in [0.25, 0.3) is 0 Å². The zero-order chi connectivity index (χ0) is 21.6. The smallest absolute Gasteiger partial charge is 0.216 e. The predicted octanol–water partition coefficient (Wildman–Crippen LogP) is 5.19. The van der Waals surface area contributed by atoms with Gasteiger partial charge in [-0.1, -0.05) is 42.5 Å². The van der Waals surface area contributed by atoms with Crippen LogP contribution in [0.25, 0.3) is 6.08 Å². The first-order valence-corrected chi connectivity index (χ1v) is 10.9. The summed E-state index contributed by atoms with van der Waals surface area (Å²) in [6.45, 7) is 3.64. The highest BCUT2D eigenvalue weighted by Crippen LogP contribution is 2.23. The molecule has 4 nitrogen and oxygen atoms in total. The SMILES string of the molecule is CCN(Cc1ccccc1)c1ccc(C=C(C#N)S(=O)(=O)c2ccc(F)cc2)cc1. The van der Waals surface area contributed by atoms with Gasteiger partial charge in [-0.15, -0.1) is 0 Å². The minimum absolute atomic E-state index is 0.117. The van der Waals surface area contributed by atoms with Crippen molar-refractivity contribution in [2.24, 2.45) is 0 Å². The van der Waals surface area contributed by atoms with Crippen molar-refractivity contribution < 1.29 is 12.8 Å². The van der Waals surface area contributed by atoms with E-state index < -0.39 is 20.6 Å². The standard InChI is InChI=1S/C24H21FN2O2S/c1-2-27(18-20-6-4-3-5-7-20)22-12-8-19(9-13-22)16-24(17-26)30(28,29)23-14-10-21(25)11-15-23/h3-16H,2,18H2,1H3. The Hall–Kier alpha value is -3.43. The number of halogens is 1. The topological polar surface area (TPSA) is 61.2 Å². The van der Waals surface area contributed by atoms with Crippen molar-refractivity contribution in [2.45, 2.75) is 18.4 Å². The van der Waals surface area contributed by atoms with Crippen LogP contribution in [0.5, 0.6) is 0 Å². The Labute approximate surface area is 176 Å². The van der Waals surface area contributed by atoms with Crippen LogP contribution in [0.3, 0.4) is 0 Å². The molecule has 6 heteroatoms. The zero-order valence-electron chi connectivity index (χ0n) is 16.5. The van der Waals surface area contributed by atoms with Crippen LogP contribution < -0.4 is 4.90 Å². The van der Waals surface area contributed by atoms with Crippen molar-refractivity contribution in [1.82, 2.24) is 0 Å². The lowest BCUT2D eigenvalue weighted by Crippen LogP contribution is -2.21. The second-order valence-electron chi connectivity index (χ2n) is 6.67. The third kappa shape index (κ3) is 4.94. The lowest BCUT2D eigenvalue weighted by molar-refractivity contribution is 0.601. The van der Waals surface area contributed by atoms with Crippen molar-refractivity contribution in [3.05, 3.63) is 101 Å². The maximum atomic E-state index is 13.1. The number of anilines is 1. The van der Waals surface area contributed by atoms with Crippen LogP contribution in [-0.2, 0) is 16.4 Å². The van der Waals surface area contributed by atoms with Gasteiger partial charge in [-0.3, -0.25) is 0 Å². The molecule has 0 bridgehead atoms. The van der Waals surface area contributed by atoms with E-state index in [1.165, 1.54) is 11.6 Å². The summed E-state index contributed by atoms with van der Waals surface area (Å²) in [4.78, 5) is 1.69. The fourth-order valence-electron chi connectivity index (χ4n) is 3.03. The third-order valence-corrected chi connectivity index (χ3v) is 6.36. The van der Waals surface area contributed by atoms with E-state index in [0.29, 0.717) is 5.56 Å². The van der Waals surface area contributed by atoms with E-state index in [4.69, 9.17) is 0 Å². The molecule has 3 aromatic carbocycles. The number of hydrogen-bond acceptors (Lipinski definition) is 4. The van der Waals surface area contributed by atoms with Crippen molar-refractivity contribution in [3.8, 4) is 6.07 Å². The minimum atomic E-state index is -4.01. The first kappa shape index (κ1) is 21.3. The van der Waals surface area contributed by atoms with Gasteiger partial charge in [-0.05, 0) is 60.5 Å². The molecule has 152 valence electrons. The monoisotopic (exact) mass is 420 g/mol. The average molecular weight is 421 g/mol. The van der Waals surface area contributed by atoms with Crippen LogP contribution in [0.1, 0.15) is 18.1 Å². The Bertz CT molecular complexity index is 1160. The Balaban J connectivity index is 1.84. The molecule has 0 spiro atoms. The van der Waals surface area contributed by atoms with Gasteiger partial charge in [0.15, 0.2) is 0 Å². The number of hydrogen-bond donors (Lipinski definition) is 0. The second-order valence-corrected chi connectivity index (χ2v) is 8.59. The highest BCUT2D eigenvalue weighted by Gasteiger charge is 2.20. The number of sulfone groups is 1. The normalized spacial score (nSPS) is 11.7. The average Bonchev–Trinajstić information content (AvgIpc) is 2.77. The molecule has 0 heterocycles. The maximum absolute atomic E-state index is 13.1. The highest BCUT2D eigenvalue weighted by atomic mass is 32.2. The maximum Gasteiger partial charge on any atom is 0.216 e. The van der Waals surface area contributed by atoms with Gasteiger partial charge >= 0.3 is 0 Å². The van der Waals surface area contributed by atoms with Crippen LogP contribution in [0, 0.1) is 17.1 Å². The molecular weight excluding hydrogens is 399 g/mol. The van der Waals surface area contributed by atoms with Crippen molar-refractivity contribution in [3.63, 3.8) is 0 Å². The molecule has 3 rings (SSSR count). The van der Waals surface area contributed by atoms with Gasteiger partial charge in [0.1, 0.15) is 16.8 Å². The minimum Gasteiger partial charge on any atom is -0.367 e. The first-order chi connectivity index (χ1) is 14.4. The van der Waals surface area contributed by atoms with Gasteiger partial charge in [0.05, 0.1) is 4.90 Å². The molecule has 0 N–H and O–H groups in total. The van der Waals surface area contributed by atoms with Crippen LogP contribution in [0.2, 0.25) is 0 Å². The molecule has 0 aliphatic rings. The summed E-state index contributed by atoms with van der Waals surface area (Å²) in [5, 5.41) is 9.40. The lowest BCUT2D eigenvalue weighted by Gasteiger charge is -2.23. The van der Waals surface area contributed by atoms with Crippen LogP contribution >= 0.6 is 0 Å². The summed E-state index contributed by atoms with van der Waals surface area (Å²) >= 11 is 0. The quantitative estimate of drug-likeness (QED) is 0.390. The van der Waals surface area contributed by atoms with Gasteiger partial charge in [0, 0.05) is 18.8 Å². The zero-order valence-corrected chi connectivity index (χ0v) is 17.3. The predicted molar refractivity (Wildman–Crippen MR) is 117 cm³/mol. The van der Waals surface area contributed by atoms with Gasteiger partial charge in [-0.25, -0.2) is 12.8 Å². The van der Waals surface area contributed by atoms with Crippen LogP contribution in [-0.4, -0.2) is 15.0 Å². The summed E-state index contributed by atoms with van der Waals surface area (Å²) in [5.41, 5.74) is 2.79. The summed E-state index contributed by atoms with van der Waals surface area (Å²) in [6, 6.07) is 23.7. The van der Waals surface area contributed by atoms with Gasteiger partial charge < -0.3 is 4.90 Å². The molecule has 0 fully saturated rings. The summed E-state index contributed by atoms with van der Waals surface area (Å²) < 4.78 is 38.5. The van der Waals surface area contributed by atoms with Crippen molar-refractivity contribution in [1.29, 1.82) is 5.26 Å². The Morgan fingerprint density at radius 1 is 1.00 bits per heavy atom. The summed E-state index contributed by atoms with van der Waals surface area (Å²) in [6.07, 6.45) is 1.33. The van der Waals surface area contributed by atoms with Gasteiger partial charge in [0.2, 0.25) is 9.84 Å². The third-order valence-electron chi connectivity index (χ3n) is 4.68. The molecule has 0 aliphatic carbocycles. The number of benzene rings is 3. The fraction of sp³-hybridized carbons (Fsp3) is 0.125. The largest absolute Gasteiger partial charge is 0.367 e. The molecule has 0 saturated heterocycles. The Kier molecular flexibility index (Phi) is 6.65. The molecule has 30 heavy (non-hydrogen) atoms. The summed E-state index contributed by atoms with van der Waals surface area (Å²) in [7, 11) is -4.01. The lowest BCUT2D eigenvalue weighted by atomic mass is 10.1. The van der Waals surface area contributed by atoms with Gasteiger partial charge in [-0.2, -0.15) is 5.26 Å². The first-order valence-electron chi connectivity index (χ1n) is 9.45. The van der Waals surface area contributed by atoms with E-state index in [0.717, 1.165) is 43.0 Å². The van der Waals surface area contributed by atoms with E-state index in [-0.39, 0.29) is 4.90 Å². The number of rotatable bonds is 7. The van der Waals surface area contributed by atoms with Crippen LogP contribution in [0.4, 0.5) is 10.1 Å². The second kappa shape index (κ2) is 9.38. The molecule has 0 atom stereocenters. The Morgan fingerprint density at radius 3 is 2.20 bits per heavy atom. The van der Waals surface area contributed by atoms with E-state index >= 15 is 0 Å². The van der Waals surface area contributed by atoms with Crippen molar-refractivity contribution in [2.75, 3.05) is 11.4 Å². The van der Waals surface area contributed by atoms with E-state index in [2.05, 4.69) is 24.0 Å². The number of nitrogens with zero attached hydrogens (tertiary/aromatic N) is 2. The summed E-state index contributed by atoms with van der Waals surface area (Å²) in [5.74, 6) is -0.539. The molecule has 0 aliphatic heterocycles. The molecule has 0 amide bonds. The van der Waals surface area contributed by atoms with Crippen LogP contribution in [0.15, 0.2) is 88.7 Å². The highest BCUT2D eigenvalue weighted by molar-refractivity contribution is 7.95. The molecule has 0 unspecified atom stereocenters. The number of allylic oxidation sites excluding steroid dienone is 1. The van der Waals surface area contributed by atoms with E-state index in [1.807, 2.05) is 30.3 Å². The molecule has 0 radical (unpaired) electrons. The number of nitriles is 1. The molecule has 0 aromatic heterocycles. The Morgan fingerprint density at radius 2 is 1.63 bits per heavy atom. The van der Waals surface area contributed by atoms with E-state index in [9.17, 15) is 18.1 Å². The fourth-order valence-corrected chi connectivity index (χ4v) is 4.19. The van der Waals surface area contributed by atoms with Crippen molar-refractivity contribution >= 4 is 21.6 Å². The molecule has 3 aromatic rings.